The first-order chi connectivity index (χ1) is 17.8. The van der Waals surface area contributed by atoms with Crippen LogP contribution in [0, 0.1) is 0 Å². The molecule has 3 aromatic carbocycles. The largest absolute Gasteiger partial charge is 0.376 e. The van der Waals surface area contributed by atoms with Crippen molar-refractivity contribution < 1.29 is 22.7 Å². The van der Waals surface area contributed by atoms with Crippen LogP contribution >= 0.6 is 0 Å². The molecular weight excluding hydrogens is 486 g/mol. The molecule has 37 heavy (non-hydrogen) atoms. The molecule has 6 nitrogen and oxygen atoms in total. The molecule has 1 amide bonds. The molecule has 0 N–H and O–H groups in total. The van der Waals surface area contributed by atoms with Crippen LogP contribution in [0.1, 0.15) is 35.4 Å². The van der Waals surface area contributed by atoms with Crippen LogP contribution in [0.2, 0.25) is 0 Å². The van der Waals surface area contributed by atoms with E-state index in [-0.39, 0.29) is 18.6 Å². The van der Waals surface area contributed by atoms with Crippen molar-refractivity contribution in [3.63, 3.8) is 0 Å². The highest BCUT2D eigenvalue weighted by molar-refractivity contribution is 7.91. The van der Waals surface area contributed by atoms with Gasteiger partial charge in [0.25, 0.3) is 0 Å². The van der Waals surface area contributed by atoms with Crippen molar-refractivity contribution in [2.45, 2.75) is 37.3 Å². The van der Waals surface area contributed by atoms with Crippen LogP contribution in [0.5, 0.6) is 0 Å². The van der Waals surface area contributed by atoms with Crippen molar-refractivity contribution in [3.8, 4) is 0 Å². The van der Waals surface area contributed by atoms with Gasteiger partial charge in [-0.2, -0.15) is 0 Å². The molecule has 0 aliphatic carbocycles. The number of likely N-dealkylation sites (tertiary alicyclic amines) is 1. The lowest BCUT2D eigenvalue weighted by molar-refractivity contribution is -0.137. The van der Waals surface area contributed by atoms with Crippen molar-refractivity contribution in [3.05, 3.63) is 108 Å². The smallest absolute Gasteiger partial charge is 0.235 e. The number of Topliss-reactive ketones (excluding diaryl/α,β-unsaturated/α-hetero) is 1. The predicted octanol–water partition coefficient (Wildman–Crippen LogP) is 4.05. The molecule has 1 saturated heterocycles. The molecule has 1 heterocycles. The normalized spacial score (nSPS) is 17.7. The standard InChI is InChI=1S/C30H33NO5S/c1-37(34,35)22-28(32)27-20-26(36-19-11-14-23-12-5-2-6-13-23)21-31(27)30(33)29(24-15-7-3-8-16-24)25-17-9-4-10-18-25/h2-10,12-13,15-18,26-27,29H,11,14,19-22H2,1H3/t26-,27-/m0/s1. The monoisotopic (exact) mass is 519 g/mol. The fourth-order valence-electron chi connectivity index (χ4n) is 4.93. The number of aryl methyl sites for hydroxylation is 1. The minimum absolute atomic E-state index is 0.223. The maximum absolute atomic E-state index is 14.1. The Labute approximate surface area is 219 Å². The van der Waals surface area contributed by atoms with E-state index in [1.165, 1.54) is 5.56 Å². The molecule has 2 atom stereocenters. The van der Waals surface area contributed by atoms with Crippen LogP contribution in [0.25, 0.3) is 0 Å². The molecule has 3 aromatic rings. The Morgan fingerprint density at radius 3 is 1.97 bits per heavy atom. The van der Waals surface area contributed by atoms with Crippen molar-refractivity contribution >= 4 is 21.5 Å². The Balaban J connectivity index is 1.53. The zero-order valence-electron chi connectivity index (χ0n) is 21.0. The zero-order chi connectivity index (χ0) is 26.3. The molecule has 0 saturated carbocycles. The maximum atomic E-state index is 14.1. The topological polar surface area (TPSA) is 80.8 Å². The van der Waals surface area contributed by atoms with E-state index in [0.717, 1.165) is 30.2 Å². The molecule has 1 fully saturated rings. The maximum Gasteiger partial charge on any atom is 0.235 e. The first-order valence-electron chi connectivity index (χ1n) is 12.6. The second-order valence-corrected chi connectivity index (χ2v) is 11.8. The summed E-state index contributed by atoms with van der Waals surface area (Å²) in [7, 11) is -3.53. The molecule has 194 valence electrons. The Morgan fingerprint density at radius 2 is 1.43 bits per heavy atom. The van der Waals surface area contributed by atoms with Gasteiger partial charge in [0.1, 0.15) is 5.75 Å². The number of sulfone groups is 1. The molecule has 0 spiro atoms. The Bertz CT molecular complexity index is 1240. The highest BCUT2D eigenvalue weighted by atomic mass is 32.2. The number of amides is 1. The summed E-state index contributed by atoms with van der Waals surface area (Å²) < 4.78 is 30.0. The van der Waals surface area contributed by atoms with Gasteiger partial charge in [0.15, 0.2) is 15.6 Å². The number of rotatable bonds is 11. The van der Waals surface area contributed by atoms with Gasteiger partial charge in [-0.15, -0.1) is 0 Å². The minimum Gasteiger partial charge on any atom is -0.376 e. The number of hydrogen-bond acceptors (Lipinski definition) is 5. The molecule has 4 rings (SSSR count). The van der Waals surface area contributed by atoms with E-state index >= 15 is 0 Å². The highest BCUT2D eigenvalue weighted by Gasteiger charge is 2.43. The summed E-state index contributed by atoms with van der Waals surface area (Å²) in [6.07, 6.45) is 2.69. The zero-order valence-corrected chi connectivity index (χ0v) is 21.8. The van der Waals surface area contributed by atoms with Crippen LogP contribution in [0.15, 0.2) is 91.0 Å². The number of nitrogens with zero attached hydrogens (tertiary/aromatic N) is 1. The molecule has 0 aromatic heterocycles. The summed E-state index contributed by atoms with van der Waals surface area (Å²) >= 11 is 0. The summed E-state index contributed by atoms with van der Waals surface area (Å²) in [6, 6.07) is 28.2. The van der Waals surface area contributed by atoms with E-state index in [2.05, 4.69) is 12.1 Å². The number of benzene rings is 3. The van der Waals surface area contributed by atoms with Gasteiger partial charge in [-0.3, -0.25) is 9.59 Å². The molecule has 7 heteroatoms. The average Bonchev–Trinajstić information content (AvgIpc) is 3.32. The van der Waals surface area contributed by atoms with E-state index in [1.54, 1.807) is 4.90 Å². The van der Waals surface area contributed by atoms with Crippen LogP contribution < -0.4 is 0 Å². The van der Waals surface area contributed by atoms with Gasteiger partial charge in [0.05, 0.1) is 18.1 Å². The van der Waals surface area contributed by atoms with Crippen LogP contribution in [-0.2, 0) is 30.6 Å². The molecule has 0 radical (unpaired) electrons. The SMILES string of the molecule is CS(=O)(=O)CC(=O)[C@@H]1C[C@H](OCCCc2ccccc2)CN1C(=O)C(c1ccccc1)c1ccccc1. The third-order valence-corrected chi connectivity index (χ3v) is 7.45. The first-order valence-corrected chi connectivity index (χ1v) is 14.6. The van der Waals surface area contributed by atoms with Gasteiger partial charge >= 0.3 is 0 Å². The van der Waals surface area contributed by atoms with E-state index in [1.807, 2.05) is 78.9 Å². The van der Waals surface area contributed by atoms with Crippen LogP contribution in [-0.4, -0.2) is 62.3 Å². The highest BCUT2D eigenvalue weighted by Crippen LogP contribution is 2.31. The van der Waals surface area contributed by atoms with Crippen molar-refractivity contribution in [2.24, 2.45) is 0 Å². The summed E-state index contributed by atoms with van der Waals surface area (Å²) in [4.78, 5) is 28.7. The third kappa shape index (κ3) is 7.37. The number of carbonyl (C=O) groups is 2. The van der Waals surface area contributed by atoms with E-state index in [9.17, 15) is 18.0 Å². The first kappa shape index (κ1) is 26.8. The lowest BCUT2D eigenvalue weighted by Crippen LogP contribution is -2.45. The lowest BCUT2D eigenvalue weighted by Gasteiger charge is -2.28. The molecular formula is C30H33NO5S. The molecule has 1 aliphatic heterocycles. The molecule has 0 bridgehead atoms. The summed E-state index contributed by atoms with van der Waals surface area (Å²) in [5, 5.41) is 0. The van der Waals surface area contributed by atoms with Crippen molar-refractivity contribution in [1.82, 2.24) is 4.90 Å². The minimum atomic E-state index is -3.53. The second-order valence-electron chi connectivity index (χ2n) is 9.61. The van der Waals surface area contributed by atoms with Gasteiger partial charge < -0.3 is 9.64 Å². The van der Waals surface area contributed by atoms with Gasteiger partial charge in [-0.05, 0) is 29.5 Å². The Morgan fingerprint density at radius 1 is 0.892 bits per heavy atom. The van der Waals surface area contributed by atoms with Crippen molar-refractivity contribution in [2.75, 3.05) is 25.2 Å². The van der Waals surface area contributed by atoms with Gasteiger partial charge in [0, 0.05) is 25.8 Å². The number of ketones is 1. The van der Waals surface area contributed by atoms with Crippen LogP contribution in [0.4, 0.5) is 0 Å². The van der Waals surface area contributed by atoms with Crippen molar-refractivity contribution in [1.29, 1.82) is 0 Å². The third-order valence-electron chi connectivity index (χ3n) is 6.64. The molecule has 0 unspecified atom stereocenters. The fraction of sp³-hybridized carbons (Fsp3) is 0.333. The van der Waals surface area contributed by atoms with Crippen LogP contribution in [0.3, 0.4) is 0 Å². The quantitative estimate of drug-likeness (QED) is 0.357. The number of ether oxygens (including phenoxy) is 1. The Kier molecular flexibility index (Phi) is 8.90. The van der Waals surface area contributed by atoms with Gasteiger partial charge in [0.2, 0.25) is 5.91 Å². The van der Waals surface area contributed by atoms with Gasteiger partial charge in [-0.1, -0.05) is 91.0 Å². The Hall–Kier alpha value is -3.29. The van der Waals surface area contributed by atoms with E-state index < -0.39 is 33.3 Å². The number of carbonyl (C=O) groups excluding carboxylic acids is 2. The summed E-state index contributed by atoms with van der Waals surface area (Å²) in [5.74, 6) is -1.89. The lowest BCUT2D eigenvalue weighted by atomic mass is 9.89. The van der Waals surface area contributed by atoms with E-state index in [0.29, 0.717) is 13.0 Å². The van der Waals surface area contributed by atoms with Gasteiger partial charge in [-0.25, -0.2) is 8.42 Å². The summed E-state index contributed by atoms with van der Waals surface area (Å²) in [6.45, 7) is 0.746. The summed E-state index contributed by atoms with van der Waals surface area (Å²) in [5.41, 5.74) is 2.87. The second kappa shape index (κ2) is 12.3. The molecule has 1 aliphatic rings. The van der Waals surface area contributed by atoms with E-state index in [4.69, 9.17) is 4.74 Å². The average molecular weight is 520 g/mol. The fourth-order valence-corrected chi connectivity index (χ4v) is 5.64. The predicted molar refractivity (Wildman–Crippen MR) is 144 cm³/mol. The number of hydrogen-bond donors (Lipinski definition) is 0.